The summed E-state index contributed by atoms with van der Waals surface area (Å²) in [5, 5.41) is 0. The van der Waals surface area contributed by atoms with E-state index in [2.05, 4.69) is 31.9 Å². The predicted molar refractivity (Wildman–Crippen MR) is 124 cm³/mol. The van der Waals surface area contributed by atoms with Crippen LogP contribution in [0.15, 0.2) is 81.8 Å². The lowest BCUT2D eigenvalue weighted by molar-refractivity contribution is -0.137. The fourth-order valence-corrected chi connectivity index (χ4v) is 5.18. The standard InChI is InChI=1S/C25H17Br2F3O/c26-23-7-2-1-6-21(23)17-10-18(13-20(31)12-17)22-9-8-16(14-24(22)27)15-4-3-5-19(11-15)25(28,29)30/h1-9,11-12,14,18H,10,13H2. The zero-order chi connectivity index (χ0) is 22.2. The average molecular weight is 550 g/mol. The van der Waals surface area contributed by atoms with Gasteiger partial charge in [-0.05, 0) is 70.5 Å². The minimum atomic E-state index is -4.38. The Hall–Kier alpha value is -2.18. The monoisotopic (exact) mass is 548 g/mol. The van der Waals surface area contributed by atoms with Crippen molar-refractivity contribution in [3.05, 3.63) is 98.4 Å². The molecule has 0 radical (unpaired) electrons. The maximum absolute atomic E-state index is 13.1. The normalized spacial score (nSPS) is 16.9. The molecule has 0 amide bonds. The smallest absolute Gasteiger partial charge is 0.295 e. The van der Waals surface area contributed by atoms with E-state index in [-0.39, 0.29) is 11.7 Å². The van der Waals surface area contributed by atoms with E-state index in [9.17, 15) is 18.0 Å². The number of allylic oxidation sites excluding steroid dienone is 2. The van der Waals surface area contributed by atoms with Crippen molar-refractivity contribution >= 4 is 43.2 Å². The maximum Gasteiger partial charge on any atom is 0.416 e. The highest BCUT2D eigenvalue weighted by Gasteiger charge is 2.30. The zero-order valence-electron chi connectivity index (χ0n) is 16.2. The van der Waals surface area contributed by atoms with Crippen LogP contribution in [0.3, 0.4) is 0 Å². The van der Waals surface area contributed by atoms with E-state index in [1.165, 1.54) is 6.07 Å². The predicted octanol–water partition coefficient (Wildman–Crippen LogP) is 8.43. The quantitative estimate of drug-likeness (QED) is 0.320. The van der Waals surface area contributed by atoms with Gasteiger partial charge < -0.3 is 0 Å². The Kier molecular flexibility index (Phi) is 6.22. The summed E-state index contributed by atoms with van der Waals surface area (Å²) in [5.74, 6) is 0.0559. The van der Waals surface area contributed by atoms with Crippen LogP contribution in [0.5, 0.6) is 0 Å². The topological polar surface area (TPSA) is 17.1 Å². The van der Waals surface area contributed by atoms with Crippen LogP contribution >= 0.6 is 31.9 Å². The number of hydrogen-bond donors (Lipinski definition) is 0. The molecule has 0 bridgehead atoms. The van der Waals surface area contributed by atoms with E-state index in [1.54, 1.807) is 12.1 Å². The highest BCUT2D eigenvalue weighted by molar-refractivity contribution is 9.10. The number of halogens is 5. The molecule has 0 aromatic heterocycles. The fourth-order valence-electron chi connectivity index (χ4n) is 3.93. The van der Waals surface area contributed by atoms with Crippen LogP contribution < -0.4 is 0 Å². The summed E-state index contributed by atoms with van der Waals surface area (Å²) in [6.07, 6.45) is -1.57. The highest BCUT2D eigenvalue weighted by Crippen LogP contribution is 2.41. The molecule has 0 fully saturated rings. The average Bonchev–Trinajstić information content (AvgIpc) is 2.73. The van der Waals surface area contributed by atoms with Crippen molar-refractivity contribution in [1.29, 1.82) is 0 Å². The first kappa shape index (κ1) is 22.0. The number of rotatable bonds is 3. The van der Waals surface area contributed by atoms with Crippen molar-refractivity contribution in [2.24, 2.45) is 0 Å². The maximum atomic E-state index is 13.1. The molecule has 1 aliphatic carbocycles. The van der Waals surface area contributed by atoms with Crippen LogP contribution in [0.4, 0.5) is 13.2 Å². The summed E-state index contributed by atoms with van der Waals surface area (Å²) in [6, 6.07) is 18.6. The summed E-state index contributed by atoms with van der Waals surface area (Å²) >= 11 is 7.14. The molecule has 6 heteroatoms. The summed E-state index contributed by atoms with van der Waals surface area (Å²) in [7, 11) is 0. The highest BCUT2D eigenvalue weighted by atomic mass is 79.9. The molecule has 0 N–H and O–H groups in total. The first-order valence-electron chi connectivity index (χ1n) is 9.68. The van der Waals surface area contributed by atoms with Gasteiger partial charge in [0.1, 0.15) is 0 Å². The summed E-state index contributed by atoms with van der Waals surface area (Å²) in [6.45, 7) is 0. The van der Waals surface area contributed by atoms with Crippen molar-refractivity contribution in [2.75, 3.05) is 0 Å². The Morgan fingerprint density at radius 3 is 2.26 bits per heavy atom. The van der Waals surface area contributed by atoms with Crippen LogP contribution in [0, 0.1) is 0 Å². The van der Waals surface area contributed by atoms with Crippen LogP contribution in [-0.2, 0) is 11.0 Å². The van der Waals surface area contributed by atoms with Gasteiger partial charge in [0.15, 0.2) is 5.78 Å². The molecule has 0 aliphatic heterocycles. The molecule has 1 atom stereocenters. The minimum Gasteiger partial charge on any atom is -0.295 e. The Morgan fingerprint density at radius 1 is 0.806 bits per heavy atom. The Morgan fingerprint density at radius 2 is 1.55 bits per heavy atom. The molecule has 0 spiro atoms. The van der Waals surface area contributed by atoms with Crippen LogP contribution in [-0.4, -0.2) is 5.78 Å². The van der Waals surface area contributed by atoms with E-state index in [1.807, 2.05) is 42.5 Å². The number of carbonyl (C=O) groups excluding carboxylic acids is 1. The largest absolute Gasteiger partial charge is 0.416 e. The van der Waals surface area contributed by atoms with Gasteiger partial charge in [0.2, 0.25) is 0 Å². The Balaban J connectivity index is 1.64. The fraction of sp³-hybridized carbons (Fsp3) is 0.160. The summed E-state index contributed by atoms with van der Waals surface area (Å²) in [4.78, 5) is 12.5. The third-order valence-electron chi connectivity index (χ3n) is 5.43. The van der Waals surface area contributed by atoms with E-state index in [0.717, 1.165) is 37.8 Å². The first-order chi connectivity index (χ1) is 14.7. The van der Waals surface area contributed by atoms with Gasteiger partial charge in [-0.3, -0.25) is 4.79 Å². The molecule has 1 nitrogen and oxygen atoms in total. The van der Waals surface area contributed by atoms with Crippen molar-refractivity contribution in [3.63, 3.8) is 0 Å². The molecule has 1 unspecified atom stereocenters. The van der Waals surface area contributed by atoms with Crippen molar-refractivity contribution in [2.45, 2.75) is 24.9 Å². The van der Waals surface area contributed by atoms with Crippen molar-refractivity contribution < 1.29 is 18.0 Å². The molecule has 0 heterocycles. The van der Waals surface area contributed by atoms with Gasteiger partial charge in [-0.1, -0.05) is 74.3 Å². The van der Waals surface area contributed by atoms with Crippen LogP contribution in [0.2, 0.25) is 0 Å². The molecule has 3 aromatic carbocycles. The SMILES string of the molecule is O=C1C=C(c2ccccc2Br)CC(c2ccc(-c3cccc(C(F)(F)F)c3)cc2Br)C1. The van der Waals surface area contributed by atoms with Gasteiger partial charge >= 0.3 is 6.18 Å². The third kappa shape index (κ3) is 4.85. The van der Waals surface area contributed by atoms with E-state index in [0.29, 0.717) is 24.0 Å². The van der Waals surface area contributed by atoms with Crippen LogP contribution in [0.25, 0.3) is 16.7 Å². The van der Waals surface area contributed by atoms with Crippen molar-refractivity contribution in [1.82, 2.24) is 0 Å². The number of benzene rings is 3. The molecular formula is C25H17Br2F3O. The molecule has 31 heavy (non-hydrogen) atoms. The molecular weight excluding hydrogens is 533 g/mol. The van der Waals surface area contributed by atoms with Crippen molar-refractivity contribution in [3.8, 4) is 11.1 Å². The number of ketones is 1. The first-order valence-corrected chi connectivity index (χ1v) is 11.3. The second-order valence-electron chi connectivity index (χ2n) is 7.54. The lowest BCUT2D eigenvalue weighted by atomic mass is 9.80. The van der Waals surface area contributed by atoms with Gasteiger partial charge in [-0.2, -0.15) is 13.2 Å². The van der Waals surface area contributed by atoms with Crippen LogP contribution in [0.1, 0.15) is 35.4 Å². The van der Waals surface area contributed by atoms with E-state index in [4.69, 9.17) is 0 Å². The summed E-state index contributed by atoms with van der Waals surface area (Å²) < 4.78 is 40.9. The zero-order valence-corrected chi connectivity index (χ0v) is 19.4. The molecule has 1 aliphatic rings. The van der Waals surface area contributed by atoms with Gasteiger partial charge in [0.05, 0.1) is 5.56 Å². The second kappa shape index (κ2) is 8.75. The number of alkyl halides is 3. The molecule has 3 aromatic rings. The lowest BCUT2D eigenvalue weighted by Crippen LogP contribution is -2.13. The molecule has 0 saturated heterocycles. The molecule has 4 rings (SSSR count). The van der Waals surface area contributed by atoms with Gasteiger partial charge in [-0.25, -0.2) is 0 Å². The Labute approximate surface area is 195 Å². The number of hydrogen-bond acceptors (Lipinski definition) is 1. The molecule has 158 valence electrons. The lowest BCUT2D eigenvalue weighted by Gasteiger charge is -2.24. The van der Waals surface area contributed by atoms with E-state index < -0.39 is 11.7 Å². The third-order valence-corrected chi connectivity index (χ3v) is 6.81. The summed E-state index contributed by atoms with van der Waals surface area (Å²) in [5.41, 5.74) is 3.45. The van der Waals surface area contributed by atoms with Gasteiger partial charge in [0, 0.05) is 15.4 Å². The minimum absolute atomic E-state index is 0.00968. The van der Waals surface area contributed by atoms with Gasteiger partial charge in [-0.15, -0.1) is 0 Å². The number of carbonyl (C=O) groups is 1. The Bertz CT molecular complexity index is 1180. The van der Waals surface area contributed by atoms with E-state index >= 15 is 0 Å². The van der Waals surface area contributed by atoms with Gasteiger partial charge in [0.25, 0.3) is 0 Å². The second-order valence-corrected chi connectivity index (χ2v) is 9.24. The molecule has 0 saturated carbocycles.